The maximum atomic E-state index is 15.0. The molecule has 3 aliphatic heterocycles. The van der Waals surface area contributed by atoms with Gasteiger partial charge in [-0.25, -0.2) is 0 Å². The highest BCUT2D eigenvalue weighted by atomic mass is 32.1. The minimum absolute atomic E-state index is 0.189. The summed E-state index contributed by atoms with van der Waals surface area (Å²) in [6, 6.07) is 24.5. The molecule has 0 radical (unpaired) electrons. The fourth-order valence-corrected chi connectivity index (χ4v) is 7.54. The fourth-order valence-electron chi connectivity index (χ4n) is 6.84. The van der Waals surface area contributed by atoms with Crippen LogP contribution >= 0.6 is 11.3 Å². The van der Waals surface area contributed by atoms with Gasteiger partial charge in [-0.2, -0.15) is 0 Å². The molecule has 41 heavy (non-hydrogen) atoms. The molecule has 3 aromatic carbocycles. The molecule has 202 valence electrons. The summed E-state index contributed by atoms with van der Waals surface area (Å²) < 4.78 is 5.91. The first-order chi connectivity index (χ1) is 20.1. The number of amides is 1. The summed E-state index contributed by atoms with van der Waals surface area (Å²) in [6.45, 7) is 3.95. The molecule has 1 saturated heterocycles. The van der Waals surface area contributed by atoms with Gasteiger partial charge >= 0.3 is 0 Å². The quantitative estimate of drug-likeness (QED) is 0.213. The van der Waals surface area contributed by atoms with Gasteiger partial charge in [-0.1, -0.05) is 73.3 Å². The van der Waals surface area contributed by atoms with Gasteiger partial charge < -0.3 is 15.0 Å². The van der Waals surface area contributed by atoms with E-state index < -0.39 is 23.4 Å². The van der Waals surface area contributed by atoms with Gasteiger partial charge in [0.05, 0.1) is 22.4 Å². The van der Waals surface area contributed by atoms with Crippen LogP contribution in [0.2, 0.25) is 0 Å². The highest BCUT2D eigenvalue weighted by Crippen LogP contribution is 2.62. The van der Waals surface area contributed by atoms with Gasteiger partial charge in [0.15, 0.2) is 11.6 Å². The maximum Gasteiger partial charge on any atom is 0.238 e. The van der Waals surface area contributed by atoms with Crippen LogP contribution in [0.4, 0.5) is 5.69 Å². The van der Waals surface area contributed by atoms with Crippen LogP contribution in [-0.2, 0) is 10.2 Å². The Balaban J connectivity index is 1.53. The first kappa shape index (κ1) is 25.2. The molecule has 1 N–H and O–H groups in total. The van der Waals surface area contributed by atoms with Gasteiger partial charge in [0, 0.05) is 11.9 Å². The molecule has 1 amide bonds. The van der Waals surface area contributed by atoms with Gasteiger partial charge in [-0.15, -0.1) is 11.3 Å². The first-order valence-corrected chi connectivity index (χ1v) is 14.4. The topological polar surface area (TPSA) is 75.7 Å². The minimum atomic E-state index is -1.38. The van der Waals surface area contributed by atoms with Crippen molar-refractivity contribution in [2.75, 3.05) is 11.9 Å². The lowest BCUT2D eigenvalue weighted by molar-refractivity contribution is -0.122. The lowest BCUT2D eigenvalue weighted by atomic mass is 9.62. The number of nitrogens with one attached hydrogen (secondary N) is 1. The predicted octanol–water partition coefficient (Wildman–Crippen LogP) is 6.29. The van der Waals surface area contributed by atoms with E-state index in [9.17, 15) is 9.59 Å². The molecule has 4 atom stereocenters. The van der Waals surface area contributed by atoms with Crippen molar-refractivity contribution in [1.29, 1.82) is 0 Å². The van der Waals surface area contributed by atoms with Gasteiger partial charge in [0.2, 0.25) is 5.91 Å². The van der Waals surface area contributed by atoms with E-state index in [2.05, 4.69) is 11.9 Å². The number of fused-ring (bicyclic) bond motifs is 6. The Morgan fingerprint density at radius 1 is 0.976 bits per heavy atom. The van der Waals surface area contributed by atoms with Crippen molar-refractivity contribution in [3.8, 4) is 5.75 Å². The SMILES string of the molecule is C=CCOc1ccccc1C(=O)[C@H]1[C@H](C(=O)c2cccs2)N2C=Cc3ccccc3[C@@H]2[C@]12C(=O)Nc1ccccc12. The van der Waals surface area contributed by atoms with Crippen molar-refractivity contribution in [1.82, 2.24) is 4.90 Å². The number of rotatable bonds is 7. The second kappa shape index (κ2) is 9.71. The van der Waals surface area contributed by atoms with Crippen LogP contribution in [0.25, 0.3) is 6.08 Å². The van der Waals surface area contributed by atoms with E-state index in [1.54, 1.807) is 36.4 Å². The van der Waals surface area contributed by atoms with Crippen molar-refractivity contribution in [3.05, 3.63) is 136 Å². The molecule has 7 heteroatoms. The third kappa shape index (κ3) is 3.59. The summed E-state index contributed by atoms with van der Waals surface area (Å²) in [5.74, 6) is -1.45. The van der Waals surface area contributed by atoms with Crippen LogP contribution < -0.4 is 10.1 Å². The number of hydrogen-bond acceptors (Lipinski definition) is 6. The lowest BCUT2D eigenvalue weighted by Crippen LogP contribution is -2.49. The third-order valence-corrected chi connectivity index (χ3v) is 9.28. The number of nitrogens with zero attached hydrogens (tertiary/aromatic N) is 1. The summed E-state index contributed by atoms with van der Waals surface area (Å²) in [4.78, 5) is 46.4. The number of thiophene rings is 1. The average molecular weight is 559 g/mol. The molecule has 1 fully saturated rings. The molecular weight excluding hydrogens is 532 g/mol. The van der Waals surface area contributed by atoms with Crippen LogP contribution in [0.3, 0.4) is 0 Å². The summed E-state index contributed by atoms with van der Waals surface area (Å²) in [5, 5.41) is 4.93. The van der Waals surface area contributed by atoms with Crippen molar-refractivity contribution < 1.29 is 19.1 Å². The predicted molar refractivity (Wildman–Crippen MR) is 159 cm³/mol. The molecule has 0 bridgehead atoms. The minimum Gasteiger partial charge on any atom is -0.489 e. The zero-order chi connectivity index (χ0) is 28.1. The Morgan fingerprint density at radius 3 is 2.59 bits per heavy atom. The highest BCUT2D eigenvalue weighted by Gasteiger charge is 2.71. The molecule has 4 heterocycles. The van der Waals surface area contributed by atoms with E-state index in [1.807, 2.05) is 77.2 Å². The lowest BCUT2D eigenvalue weighted by Gasteiger charge is -2.38. The van der Waals surface area contributed by atoms with E-state index in [1.165, 1.54) is 11.3 Å². The zero-order valence-electron chi connectivity index (χ0n) is 22.0. The van der Waals surface area contributed by atoms with E-state index in [-0.39, 0.29) is 24.1 Å². The molecule has 0 unspecified atom stereocenters. The Hall–Kier alpha value is -4.75. The number of hydrogen-bond donors (Lipinski definition) is 1. The highest BCUT2D eigenvalue weighted by molar-refractivity contribution is 7.12. The Bertz CT molecular complexity index is 1740. The summed E-state index contributed by atoms with van der Waals surface area (Å²) in [5.41, 5.74) is 2.18. The largest absolute Gasteiger partial charge is 0.489 e. The number of ether oxygens (including phenoxy) is 1. The molecule has 3 aliphatic rings. The number of para-hydroxylation sites is 2. The Kier molecular flexibility index (Phi) is 5.98. The molecule has 0 aliphatic carbocycles. The maximum absolute atomic E-state index is 15.0. The van der Waals surface area contributed by atoms with Gasteiger partial charge in [0.1, 0.15) is 23.8 Å². The second-order valence-electron chi connectivity index (χ2n) is 10.4. The molecule has 4 aromatic rings. The molecule has 7 rings (SSSR count). The van der Waals surface area contributed by atoms with Crippen molar-refractivity contribution in [2.45, 2.75) is 17.5 Å². The van der Waals surface area contributed by atoms with Crippen LogP contribution in [0.1, 0.15) is 42.8 Å². The number of carbonyl (C=O) groups is 3. The number of Topliss-reactive ketones (excluding diaryl/α,β-unsaturated/α-hetero) is 2. The fraction of sp³-hybridized carbons (Fsp3) is 0.147. The molecule has 1 spiro atoms. The van der Waals surface area contributed by atoms with E-state index in [0.29, 0.717) is 21.9 Å². The van der Waals surface area contributed by atoms with Crippen LogP contribution in [-0.4, -0.2) is 35.0 Å². The van der Waals surface area contributed by atoms with E-state index in [4.69, 9.17) is 4.74 Å². The standard InChI is InChI=1S/C34H26N2O4S/c1-2-19-40-26-15-8-5-12-23(26)30(37)28-29(31(38)27-16-9-20-41-27)36-18-17-21-10-3-4-11-22(21)32(36)34(28)24-13-6-7-14-25(24)35-33(34)39/h2-18,20,28-29,32H,1,19H2,(H,35,39)/t28-,29-,32-,34-/m1/s1. The van der Waals surface area contributed by atoms with Gasteiger partial charge in [-0.05, 0) is 52.4 Å². The normalized spacial score (nSPS) is 23.5. The van der Waals surface area contributed by atoms with Crippen molar-refractivity contribution in [3.63, 3.8) is 0 Å². The monoisotopic (exact) mass is 558 g/mol. The number of anilines is 1. The molecular formula is C34H26N2O4S. The van der Waals surface area contributed by atoms with Crippen LogP contribution in [0.5, 0.6) is 5.75 Å². The summed E-state index contributed by atoms with van der Waals surface area (Å²) in [7, 11) is 0. The summed E-state index contributed by atoms with van der Waals surface area (Å²) >= 11 is 1.34. The summed E-state index contributed by atoms with van der Waals surface area (Å²) in [6.07, 6.45) is 5.46. The Morgan fingerprint density at radius 2 is 1.76 bits per heavy atom. The zero-order valence-corrected chi connectivity index (χ0v) is 22.8. The average Bonchev–Trinajstić information content (AvgIpc) is 3.72. The van der Waals surface area contributed by atoms with Gasteiger partial charge in [-0.3, -0.25) is 14.4 Å². The smallest absolute Gasteiger partial charge is 0.238 e. The number of carbonyl (C=O) groups excluding carboxylic acids is 3. The van der Waals surface area contributed by atoms with Crippen molar-refractivity contribution >= 4 is 40.6 Å². The molecule has 1 aromatic heterocycles. The number of benzene rings is 3. The molecule has 6 nitrogen and oxygen atoms in total. The Labute approximate surface area is 241 Å². The molecule has 0 saturated carbocycles. The van der Waals surface area contributed by atoms with Crippen LogP contribution in [0, 0.1) is 5.92 Å². The van der Waals surface area contributed by atoms with E-state index in [0.717, 1.165) is 16.7 Å². The van der Waals surface area contributed by atoms with Crippen molar-refractivity contribution in [2.24, 2.45) is 5.92 Å². The second-order valence-corrected chi connectivity index (χ2v) is 11.3. The van der Waals surface area contributed by atoms with Crippen LogP contribution in [0.15, 0.2) is 109 Å². The van der Waals surface area contributed by atoms with E-state index >= 15 is 4.79 Å². The first-order valence-electron chi connectivity index (χ1n) is 13.5. The number of ketones is 2. The van der Waals surface area contributed by atoms with Gasteiger partial charge in [0.25, 0.3) is 0 Å². The third-order valence-electron chi connectivity index (χ3n) is 8.39.